The molecule has 1 fully saturated rings. The van der Waals surface area contributed by atoms with E-state index in [1.165, 1.54) is 16.9 Å². The van der Waals surface area contributed by atoms with Crippen LogP contribution in [0.4, 0.5) is 5.00 Å². The number of sulfone groups is 1. The fourth-order valence-electron chi connectivity index (χ4n) is 4.38. The minimum atomic E-state index is -3.10. The van der Waals surface area contributed by atoms with Crippen LogP contribution in [0.5, 0.6) is 5.75 Å². The van der Waals surface area contributed by atoms with Crippen molar-refractivity contribution in [1.82, 2.24) is 5.32 Å². The first-order valence-corrected chi connectivity index (χ1v) is 14.0. The summed E-state index contributed by atoms with van der Waals surface area (Å²) >= 11 is 1.44. The molecule has 33 heavy (non-hydrogen) atoms. The van der Waals surface area contributed by atoms with Crippen molar-refractivity contribution in [3.8, 4) is 5.75 Å². The molecule has 9 heteroatoms. The summed E-state index contributed by atoms with van der Waals surface area (Å²) in [4.78, 5) is 27.0. The zero-order valence-electron chi connectivity index (χ0n) is 19.0. The van der Waals surface area contributed by atoms with Crippen molar-refractivity contribution in [3.63, 3.8) is 0 Å². The van der Waals surface area contributed by atoms with E-state index < -0.39 is 15.9 Å². The molecular formula is C24H30N2O5S2. The van der Waals surface area contributed by atoms with E-state index in [-0.39, 0.29) is 29.9 Å². The van der Waals surface area contributed by atoms with Crippen molar-refractivity contribution >= 4 is 38.0 Å². The molecule has 1 saturated heterocycles. The van der Waals surface area contributed by atoms with Gasteiger partial charge in [-0.2, -0.15) is 0 Å². The molecule has 2 aromatic rings. The highest BCUT2D eigenvalue weighted by Gasteiger charge is 2.33. The number of anilines is 1. The van der Waals surface area contributed by atoms with Gasteiger partial charge in [0.25, 0.3) is 11.8 Å². The first-order chi connectivity index (χ1) is 15.7. The predicted molar refractivity (Wildman–Crippen MR) is 130 cm³/mol. The van der Waals surface area contributed by atoms with Crippen LogP contribution in [0.1, 0.15) is 53.1 Å². The van der Waals surface area contributed by atoms with E-state index in [1.54, 1.807) is 0 Å². The number of thiophene rings is 1. The highest BCUT2D eigenvalue weighted by atomic mass is 32.2. The molecule has 2 aliphatic rings. The normalized spacial score (nSPS) is 21.3. The largest absolute Gasteiger partial charge is 0.484 e. The average molecular weight is 491 g/mol. The summed E-state index contributed by atoms with van der Waals surface area (Å²) in [5.41, 5.74) is 2.64. The first-order valence-electron chi connectivity index (χ1n) is 11.4. The van der Waals surface area contributed by atoms with Crippen LogP contribution < -0.4 is 15.4 Å². The van der Waals surface area contributed by atoms with E-state index in [9.17, 15) is 18.0 Å². The Balaban J connectivity index is 1.48. The van der Waals surface area contributed by atoms with Crippen LogP contribution in [0.3, 0.4) is 0 Å². The Bertz CT molecular complexity index is 1140. The molecule has 1 aromatic heterocycles. The van der Waals surface area contributed by atoms with Gasteiger partial charge < -0.3 is 15.4 Å². The Morgan fingerprint density at radius 1 is 1.18 bits per heavy atom. The molecule has 178 valence electrons. The van der Waals surface area contributed by atoms with Gasteiger partial charge >= 0.3 is 0 Å². The van der Waals surface area contributed by atoms with Crippen molar-refractivity contribution in [3.05, 3.63) is 45.8 Å². The van der Waals surface area contributed by atoms with Crippen LogP contribution in [-0.2, 0) is 33.9 Å². The molecule has 4 rings (SSSR count). The van der Waals surface area contributed by atoms with Crippen LogP contribution in [0.2, 0.25) is 0 Å². The lowest BCUT2D eigenvalue weighted by atomic mass is 9.88. The Morgan fingerprint density at radius 3 is 2.61 bits per heavy atom. The second-order valence-electron chi connectivity index (χ2n) is 8.96. The van der Waals surface area contributed by atoms with Crippen LogP contribution in [-0.4, -0.2) is 44.4 Å². The van der Waals surface area contributed by atoms with Gasteiger partial charge in [0.2, 0.25) is 0 Å². The molecule has 2 amide bonds. The average Bonchev–Trinajstić information content (AvgIpc) is 3.30. The zero-order chi connectivity index (χ0) is 23.6. The maximum atomic E-state index is 13.2. The molecule has 1 aliphatic carbocycles. The topological polar surface area (TPSA) is 102 Å². The Morgan fingerprint density at radius 2 is 1.94 bits per heavy atom. The predicted octanol–water partition coefficient (Wildman–Crippen LogP) is 3.37. The third-order valence-electron chi connectivity index (χ3n) is 6.26. The minimum Gasteiger partial charge on any atom is -0.484 e. The molecule has 2 heterocycles. The summed E-state index contributed by atoms with van der Waals surface area (Å²) in [6, 6.07) is 7.22. The molecular weight excluding hydrogens is 460 g/mol. The van der Waals surface area contributed by atoms with Gasteiger partial charge in [-0.05, 0) is 61.3 Å². The second kappa shape index (κ2) is 9.85. The van der Waals surface area contributed by atoms with E-state index in [0.29, 0.717) is 28.7 Å². The Labute approximate surface area is 198 Å². The summed E-state index contributed by atoms with van der Waals surface area (Å²) in [6.45, 7) is 4.10. The lowest BCUT2D eigenvalue weighted by Crippen LogP contribution is -2.36. The molecule has 1 aliphatic heterocycles. The second-order valence-corrected chi connectivity index (χ2v) is 12.3. The summed E-state index contributed by atoms with van der Waals surface area (Å²) in [5.74, 6) is 0.549. The molecule has 1 aromatic carbocycles. The summed E-state index contributed by atoms with van der Waals surface area (Å²) in [5, 5.41) is 6.28. The fraction of sp³-hybridized carbons (Fsp3) is 0.500. The number of nitrogens with one attached hydrogen (secondary N) is 2. The quantitative estimate of drug-likeness (QED) is 0.620. The van der Waals surface area contributed by atoms with Gasteiger partial charge in [0.1, 0.15) is 10.8 Å². The number of carbonyl (C=O) groups excluding carboxylic acids is 2. The SMILES string of the molecule is CCc1ccc(OCC(=O)Nc2sc3c(c2C(=O)NC2CCS(=O)(=O)C2)CCC(C)C3)cc1. The van der Waals surface area contributed by atoms with E-state index >= 15 is 0 Å². The van der Waals surface area contributed by atoms with Gasteiger partial charge in [-0.3, -0.25) is 9.59 Å². The van der Waals surface area contributed by atoms with E-state index in [0.717, 1.165) is 36.1 Å². The number of amides is 2. The standard InChI is InChI=1S/C24H30N2O5S2/c1-3-16-5-7-18(8-6-16)31-13-21(27)26-24-22(19-9-4-15(2)12-20(19)32-24)23(28)25-17-10-11-33(29,30)14-17/h5-8,15,17H,3-4,9-14H2,1-2H3,(H,25,28)(H,26,27). The third-order valence-corrected chi connectivity index (χ3v) is 9.20. The van der Waals surface area contributed by atoms with Crippen LogP contribution >= 0.6 is 11.3 Å². The Kier molecular flexibility index (Phi) is 7.09. The lowest BCUT2D eigenvalue weighted by molar-refractivity contribution is -0.118. The van der Waals surface area contributed by atoms with Gasteiger partial charge in [-0.1, -0.05) is 26.0 Å². The monoisotopic (exact) mass is 490 g/mol. The van der Waals surface area contributed by atoms with Gasteiger partial charge in [0, 0.05) is 10.9 Å². The van der Waals surface area contributed by atoms with Gasteiger partial charge in [-0.15, -0.1) is 11.3 Å². The number of hydrogen-bond acceptors (Lipinski definition) is 6. The van der Waals surface area contributed by atoms with E-state index in [2.05, 4.69) is 24.5 Å². The maximum Gasteiger partial charge on any atom is 0.262 e. The van der Waals surface area contributed by atoms with Crippen LogP contribution in [0, 0.1) is 5.92 Å². The molecule has 2 N–H and O–H groups in total. The third kappa shape index (κ3) is 5.76. The highest BCUT2D eigenvalue weighted by molar-refractivity contribution is 7.91. The molecule has 0 saturated carbocycles. The van der Waals surface area contributed by atoms with Gasteiger partial charge in [-0.25, -0.2) is 8.42 Å². The summed E-state index contributed by atoms with van der Waals surface area (Å²) in [7, 11) is -3.10. The van der Waals surface area contributed by atoms with Crippen LogP contribution in [0.25, 0.3) is 0 Å². The molecule has 2 atom stereocenters. The molecule has 2 unspecified atom stereocenters. The Hall–Kier alpha value is -2.39. The van der Waals surface area contributed by atoms with Gasteiger partial charge in [0.15, 0.2) is 16.4 Å². The molecule has 0 radical (unpaired) electrons. The number of hydrogen-bond donors (Lipinski definition) is 2. The maximum absolute atomic E-state index is 13.2. The van der Waals surface area contributed by atoms with Crippen molar-refractivity contribution < 1.29 is 22.7 Å². The number of benzene rings is 1. The van der Waals surface area contributed by atoms with Crippen molar-refractivity contribution in [1.29, 1.82) is 0 Å². The van der Waals surface area contributed by atoms with Crippen molar-refractivity contribution in [2.24, 2.45) is 5.92 Å². The minimum absolute atomic E-state index is 0.0333. The molecule has 7 nitrogen and oxygen atoms in total. The van der Waals surface area contributed by atoms with E-state index in [1.807, 2.05) is 24.3 Å². The van der Waals surface area contributed by atoms with Crippen LogP contribution in [0.15, 0.2) is 24.3 Å². The van der Waals surface area contributed by atoms with Gasteiger partial charge in [0.05, 0.1) is 17.1 Å². The van der Waals surface area contributed by atoms with E-state index in [4.69, 9.17) is 4.74 Å². The first kappa shape index (κ1) is 23.8. The number of carbonyl (C=O) groups is 2. The zero-order valence-corrected chi connectivity index (χ0v) is 20.6. The highest BCUT2D eigenvalue weighted by Crippen LogP contribution is 2.39. The lowest BCUT2D eigenvalue weighted by Gasteiger charge is -2.19. The summed E-state index contributed by atoms with van der Waals surface area (Å²) < 4.78 is 29.2. The number of aryl methyl sites for hydroxylation is 1. The number of ether oxygens (including phenoxy) is 1. The number of fused-ring (bicyclic) bond motifs is 1. The summed E-state index contributed by atoms with van der Waals surface area (Å²) in [6.07, 6.45) is 3.97. The smallest absolute Gasteiger partial charge is 0.262 e. The molecule has 0 bridgehead atoms. The van der Waals surface area contributed by atoms with Crippen molar-refractivity contribution in [2.75, 3.05) is 23.4 Å². The molecule has 0 spiro atoms. The number of rotatable bonds is 7. The van der Waals surface area contributed by atoms with Crippen molar-refractivity contribution in [2.45, 2.75) is 52.0 Å². The fourth-order valence-corrected chi connectivity index (χ4v) is 7.48.